The number of nitrogens with zero attached hydrogens (tertiary/aromatic N) is 2. The highest BCUT2D eigenvalue weighted by molar-refractivity contribution is 6.36. The number of aliphatic hydroxyl groups excluding tert-OH is 1. The van der Waals surface area contributed by atoms with Crippen LogP contribution in [0.3, 0.4) is 0 Å². The van der Waals surface area contributed by atoms with Crippen molar-refractivity contribution in [2.24, 2.45) is 18.7 Å². The Balaban J connectivity index is 1.57. The number of ether oxygens (including phenoxy) is 1. The Labute approximate surface area is 271 Å². The standard InChI is InChI=1S/C34H35Cl2FN4O4/c1-40-31(34(44)41(14-12-24(13-15-41)33(38)43)39-21-22-4-2-5-26(37)18-22)20-29(28-11-8-25(35)19-30(28)36)32(40)23-6-9-27(10-7-23)45-17-3-16-42/h2,4-11,18-20,24,39,42H,3,12-17,21H2,1H3,(H-,38,43)/p+1. The van der Waals surface area contributed by atoms with Gasteiger partial charge in [0, 0.05) is 60.0 Å². The SMILES string of the molecule is Cn1c(C(=O)[N+]2(NCc3cccc(F)c3)CCC(C(N)=O)CC2)cc(-c2ccc(Cl)cc2Cl)c1-c1ccc(OCCCO)cc1. The predicted molar refractivity (Wildman–Crippen MR) is 173 cm³/mol. The number of primary amides is 1. The number of nitrogens with two attached hydrogens (primary N) is 1. The molecule has 1 aromatic heterocycles. The minimum atomic E-state index is -0.380. The van der Waals surface area contributed by atoms with Gasteiger partial charge in [-0.3, -0.25) is 4.79 Å². The normalized spacial score (nSPS) is 18.1. The van der Waals surface area contributed by atoms with Crippen LogP contribution in [0.25, 0.3) is 22.4 Å². The van der Waals surface area contributed by atoms with Crippen LogP contribution in [0.15, 0.2) is 72.8 Å². The Hall–Kier alpha value is -3.73. The van der Waals surface area contributed by atoms with Crippen molar-refractivity contribution in [3.63, 3.8) is 0 Å². The van der Waals surface area contributed by atoms with E-state index in [1.807, 2.05) is 48.0 Å². The van der Waals surface area contributed by atoms with Gasteiger partial charge in [-0.15, -0.1) is 0 Å². The summed E-state index contributed by atoms with van der Waals surface area (Å²) in [5, 5.41) is 10.0. The average molecular weight is 655 g/mol. The Kier molecular flexibility index (Phi) is 10.3. The van der Waals surface area contributed by atoms with Crippen molar-refractivity contribution in [3.8, 4) is 28.1 Å². The van der Waals surface area contributed by atoms with Crippen molar-refractivity contribution in [2.45, 2.75) is 25.8 Å². The lowest BCUT2D eigenvalue weighted by atomic mass is 9.95. The highest BCUT2D eigenvalue weighted by atomic mass is 35.5. The molecular formula is C34H36Cl2FN4O4+. The number of benzene rings is 3. The van der Waals surface area contributed by atoms with Gasteiger partial charge in [0.15, 0.2) is 0 Å². The summed E-state index contributed by atoms with van der Waals surface area (Å²) >= 11 is 12.9. The van der Waals surface area contributed by atoms with E-state index in [-0.39, 0.29) is 41.3 Å². The lowest BCUT2D eigenvalue weighted by Gasteiger charge is -2.40. The fraction of sp³-hybridized carbons (Fsp3) is 0.294. The van der Waals surface area contributed by atoms with Crippen molar-refractivity contribution in [3.05, 3.63) is 99.9 Å². The van der Waals surface area contributed by atoms with Crippen LogP contribution in [0.5, 0.6) is 5.75 Å². The summed E-state index contributed by atoms with van der Waals surface area (Å²) in [6.07, 6.45) is 1.39. The number of amides is 2. The van der Waals surface area contributed by atoms with Gasteiger partial charge in [-0.05, 0) is 65.7 Å². The number of likely N-dealkylation sites (tertiary alicyclic amines) is 1. The zero-order chi connectivity index (χ0) is 32.1. The first-order valence-electron chi connectivity index (χ1n) is 14.8. The smallest absolute Gasteiger partial charge is 0.381 e. The summed E-state index contributed by atoms with van der Waals surface area (Å²) in [5.41, 5.74) is 13.2. The van der Waals surface area contributed by atoms with E-state index in [2.05, 4.69) is 5.43 Å². The first kappa shape index (κ1) is 32.7. The highest BCUT2D eigenvalue weighted by Crippen LogP contribution is 2.40. The maximum Gasteiger partial charge on any atom is 0.381 e. The molecule has 1 aliphatic heterocycles. The molecule has 0 atom stereocenters. The number of aromatic nitrogens is 1. The molecule has 1 aliphatic rings. The fourth-order valence-electron chi connectivity index (χ4n) is 5.87. The monoisotopic (exact) mass is 653 g/mol. The van der Waals surface area contributed by atoms with Crippen LogP contribution in [0, 0.1) is 11.7 Å². The van der Waals surface area contributed by atoms with Crippen LogP contribution in [-0.4, -0.2) is 52.4 Å². The van der Waals surface area contributed by atoms with Crippen molar-refractivity contribution in [1.29, 1.82) is 0 Å². The van der Waals surface area contributed by atoms with Gasteiger partial charge in [0.25, 0.3) is 0 Å². The third kappa shape index (κ3) is 7.24. The number of quaternary nitrogens is 1. The second kappa shape index (κ2) is 14.1. The molecule has 45 heavy (non-hydrogen) atoms. The molecule has 0 aliphatic carbocycles. The van der Waals surface area contributed by atoms with E-state index >= 15 is 0 Å². The third-order valence-corrected chi connectivity index (χ3v) is 8.90. The topological polar surface area (TPSA) is 107 Å². The molecule has 0 saturated carbocycles. The molecule has 1 saturated heterocycles. The molecule has 0 spiro atoms. The Morgan fingerprint density at radius 1 is 1.04 bits per heavy atom. The molecule has 2 heterocycles. The van der Waals surface area contributed by atoms with Crippen molar-refractivity contribution in [2.75, 3.05) is 26.3 Å². The number of hydrogen-bond donors (Lipinski definition) is 3. The Morgan fingerprint density at radius 2 is 1.78 bits per heavy atom. The first-order chi connectivity index (χ1) is 21.6. The van der Waals surface area contributed by atoms with Gasteiger partial charge in [-0.1, -0.05) is 41.4 Å². The number of carbonyl (C=O) groups is 2. The van der Waals surface area contributed by atoms with E-state index in [9.17, 15) is 14.0 Å². The molecule has 0 radical (unpaired) electrons. The molecule has 0 bridgehead atoms. The van der Waals surface area contributed by atoms with E-state index < -0.39 is 0 Å². The molecule has 236 valence electrons. The van der Waals surface area contributed by atoms with Gasteiger partial charge in [-0.25, -0.2) is 9.18 Å². The minimum Gasteiger partial charge on any atom is -0.494 e. The summed E-state index contributed by atoms with van der Waals surface area (Å²) in [4.78, 5) is 26.7. The number of hydrogen-bond acceptors (Lipinski definition) is 5. The van der Waals surface area contributed by atoms with Crippen molar-refractivity contribution in [1.82, 2.24) is 9.99 Å². The molecule has 11 heteroatoms. The average Bonchev–Trinajstić information content (AvgIpc) is 3.36. The summed E-state index contributed by atoms with van der Waals surface area (Å²) in [6, 6.07) is 20.8. The summed E-state index contributed by atoms with van der Waals surface area (Å²) in [6.45, 7) is 1.35. The summed E-state index contributed by atoms with van der Waals surface area (Å²) < 4.78 is 21.4. The highest BCUT2D eigenvalue weighted by Gasteiger charge is 2.45. The number of nitrogens with one attached hydrogen (secondary N) is 1. The molecule has 1 fully saturated rings. The molecule has 5 rings (SSSR count). The summed E-state index contributed by atoms with van der Waals surface area (Å²) in [7, 11) is 1.83. The van der Waals surface area contributed by atoms with E-state index in [0.717, 1.165) is 16.8 Å². The third-order valence-electron chi connectivity index (χ3n) is 8.36. The molecule has 3 aromatic carbocycles. The van der Waals surface area contributed by atoms with E-state index in [1.165, 1.54) is 12.1 Å². The quantitative estimate of drug-likeness (QED) is 0.134. The maximum atomic E-state index is 14.7. The minimum absolute atomic E-state index is 0.0454. The van der Waals surface area contributed by atoms with Crippen LogP contribution < -0.4 is 15.9 Å². The van der Waals surface area contributed by atoms with Crippen LogP contribution >= 0.6 is 23.2 Å². The van der Waals surface area contributed by atoms with E-state index in [0.29, 0.717) is 71.6 Å². The number of aliphatic hydroxyl groups is 1. The molecule has 2 amide bonds. The number of carbonyl (C=O) groups excluding carboxylic acids is 2. The lowest BCUT2D eigenvalue weighted by molar-refractivity contribution is -0.901. The van der Waals surface area contributed by atoms with Crippen LogP contribution in [-0.2, 0) is 18.4 Å². The van der Waals surface area contributed by atoms with Crippen LogP contribution in [0.1, 0.15) is 35.3 Å². The first-order valence-corrected chi connectivity index (χ1v) is 15.6. The number of piperidine rings is 1. The van der Waals surface area contributed by atoms with E-state index in [4.69, 9.17) is 38.8 Å². The Morgan fingerprint density at radius 3 is 2.42 bits per heavy atom. The van der Waals surface area contributed by atoms with Gasteiger partial charge < -0.3 is 20.1 Å². The van der Waals surface area contributed by atoms with Crippen molar-refractivity contribution >= 4 is 35.0 Å². The van der Waals surface area contributed by atoms with Crippen molar-refractivity contribution < 1.29 is 28.4 Å². The zero-order valence-corrected chi connectivity index (χ0v) is 26.5. The fourth-order valence-corrected chi connectivity index (χ4v) is 6.38. The lowest BCUT2D eigenvalue weighted by Crippen LogP contribution is -2.65. The largest absolute Gasteiger partial charge is 0.494 e. The van der Waals surface area contributed by atoms with Gasteiger partial charge in [0.05, 0.1) is 18.8 Å². The number of halogens is 3. The maximum absolute atomic E-state index is 14.7. The van der Waals surface area contributed by atoms with Gasteiger partial charge >= 0.3 is 5.91 Å². The van der Waals surface area contributed by atoms with Crippen LogP contribution in [0.4, 0.5) is 4.39 Å². The summed E-state index contributed by atoms with van der Waals surface area (Å²) in [5.74, 6) is -0.605. The molecule has 4 aromatic rings. The molecule has 4 N–H and O–H groups in total. The Bertz CT molecular complexity index is 1680. The van der Waals surface area contributed by atoms with Crippen LogP contribution in [0.2, 0.25) is 10.0 Å². The number of rotatable bonds is 11. The molecule has 8 nitrogen and oxygen atoms in total. The second-order valence-corrected chi connectivity index (χ2v) is 12.1. The van der Waals surface area contributed by atoms with E-state index in [1.54, 1.807) is 24.3 Å². The predicted octanol–water partition coefficient (Wildman–Crippen LogP) is 6.12. The molecule has 0 unspecified atom stereocenters. The van der Waals surface area contributed by atoms with Gasteiger partial charge in [0.1, 0.15) is 30.4 Å². The van der Waals surface area contributed by atoms with Gasteiger partial charge in [0.2, 0.25) is 5.91 Å². The van der Waals surface area contributed by atoms with Gasteiger partial charge in [-0.2, -0.15) is 10.0 Å². The zero-order valence-electron chi connectivity index (χ0n) is 24.9. The molecular weight excluding hydrogens is 618 g/mol. The second-order valence-electron chi connectivity index (χ2n) is 11.3.